The Kier molecular flexibility index (Phi) is 4.57. The lowest BCUT2D eigenvalue weighted by atomic mass is 10.1. The summed E-state index contributed by atoms with van der Waals surface area (Å²) in [6, 6.07) is 5.29. The summed E-state index contributed by atoms with van der Waals surface area (Å²) in [6.45, 7) is 1.45. The molecule has 1 aliphatic heterocycles. The standard InChI is InChI=1S/C14H18N2O4/c17-11-5-3-10(4-6-11)15-13(18)9-12(14(19)20)16-7-1-2-8-16/h3-6,12,17H,1-2,7-9H2,(H,15,18)(H,19,20)/t12-/m0/s1. The first-order chi connectivity index (χ1) is 9.56. The number of aromatic hydroxyl groups is 1. The van der Waals surface area contributed by atoms with Gasteiger partial charge in [-0.15, -0.1) is 0 Å². The molecule has 0 aliphatic carbocycles. The first-order valence-electron chi connectivity index (χ1n) is 6.62. The minimum Gasteiger partial charge on any atom is -0.508 e. The third-order valence-electron chi connectivity index (χ3n) is 3.40. The second-order valence-corrected chi connectivity index (χ2v) is 4.90. The minimum absolute atomic E-state index is 0.0732. The number of anilines is 1. The summed E-state index contributed by atoms with van der Waals surface area (Å²) in [5, 5.41) is 21.0. The van der Waals surface area contributed by atoms with Crippen LogP contribution in [0.1, 0.15) is 19.3 Å². The monoisotopic (exact) mass is 278 g/mol. The molecule has 1 aromatic carbocycles. The Hall–Kier alpha value is -2.08. The molecule has 6 heteroatoms. The van der Waals surface area contributed by atoms with Gasteiger partial charge in [0.25, 0.3) is 0 Å². The molecule has 0 spiro atoms. The molecule has 108 valence electrons. The molecule has 1 atom stereocenters. The number of carbonyl (C=O) groups excluding carboxylic acids is 1. The summed E-state index contributed by atoms with van der Waals surface area (Å²) in [7, 11) is 0. The van der Waals surface area contributed by atoms with Gasteiger partial charge in [0.2, 0.25) is 5.91 Å². The molecule has 0 saturated carbocycles. The van der Waals surface area contributed by atoms with Crippen molar-refractivity contribution in [3.63, 3.8) is 0 Å². The molecule has 3 N–H and O–H groups in total. The van der Waals surface area contributed by atoms with E-state index >= 15 is 0 Å². The molecule has 0 radical (unpaired) electrons. The van der Waals surface area contributed by atoms with E-state index in [4.69, 9.17) is 5.11 Å². The van der Waals surface area contributed by atoms with Crippen LogP contribution < -0.4 is 5.32 Å². The van der Waals surface area contributed by atoms with E-state index in [0.29, 0.717) is 5.69 Å². The van der Waals surface area contributed by atoms with Crippen LogP contribution in [0.2, 0.25) is 0 Å². The maximum atomic E-state index is 11.9. The summed E-state index contributed by atoms with van der Waals surface area (Å²) in [5.41, 5.74) is 0.540. The van der Waals surface area contributed by atoms with Gasteiger partial charge in [-0.25, -0.2) is 0 Å². The molecule has 0 bridgehead atoms. The minimum atomic E-state index is -0.965. The Bertz CT molecular complexity index is 480. The zero-order valence-corrected chi connectivity index (χ0v) is 11.1. The average molecular weight is 278 g/mol. The van der Waals surface area contributed by atoms with Gasteiger partial charge in [-0.05, 0) is 50.2 Å². The first kappa shape index (κ1) is 14.3. The lowest BCUT2D eigenvalue weighted by Gasteiger charge is -2.23. The predicted octanol–water partition coefficient (Wildman–Crippen LogP) is 1.27. The molecule has 0 unspecified atom stereocenters. The van der Waals surface area contributed by atoms with Gasteiger partial charge >= 0.3 is 5.97 Å². The molecule has 2 rings (SSSR count). The van der Waals surface area contributed by atoms with Crippen molar-refractivity contribution in [2.24, 2.45) is 0 Å². The zero-order valence-electron chi connectivity index (χ0n) is 11.1. The maximum Gasteiger partial charge on any atom is 0.321 e. The zero-order chi connectivity index (χ0) is 14.5. The Balaban J connectivity index is 1.94. The number of aliphatic carboxylic acids is 1. The number of hydrogen-bond donors (Lipinski definition) is 3. The number of benzene rings is 1. The van der Waals surface area contributed by atoms with Gasteiger partial charge in [-0.1, -0.05) is 0 Å². The van der Waals surface area contributed by atoms with Crippen LogP contribution in [0.4, 0.5) is 5.69 Å². The van der Waals surface area contributed by atoms with Crippen molar-refractivity contribution in [1.82, 2.24) is 4.90 Å². The van der Waals surface area contributed by atoms with E-state index < -0.39 is 12.0 Å². The fourth-order valence-electron chi connectivity index (χ4n) is 2.36. The van der Waals surface area contributed by atoms with Crippen LogP contribution in [0.15, 0.2) is 24.3 Å². The van der Waals surface area contributed by atoms with Gasteiger partial charge in [-0.3, -0.25) is 14.5 Å². The van der Waals surface area contributed by atoms with Crippen molar-refractivity contribution < 1.29 is 19.8 Å². The molecular formula is C14H18N2O4. The van der Waals surface area contributed by atoms with Crippen molar-refractivity contribution in [2.45, 2.75) is 25.3 Å². The van der Waals surface area contributed by atoms with Crippen molar-refractivity contribution in [1.29, 1.82) is 0 Å². The number of carboxylic acids is 1. The number of amides is 1. The van der Waals surface area contributed by atoms with E-state index in [2.05, 4.69) is 5.32 Å². The Morgan fingerprint density at radius 3 is 2.35 bits per heavy atom. The molecular weight excluding hydrogens is 260 g/mol. The number of hydrogen-bond acceptors (Lipinski definition) is 4. The Labute approximate surface area is 117 Å². The number of carbonyl (C=O) groups is 2. The third kappa shape index (κ3) is 3.71. The summed E-state index contributed by atoms with van der Waals surface area (Å²) >= 11 is 0. The number of carboxylic acid groups (broad SMARTS) is 1. The van der Waals surface area contributed by atoms with Crippen molar-refractivity contribution in [3.8, 4) is 5.75 Å². The molecule has 1 aliphatic rings. The summed E-state index contributed by atoms with van der Waals surface area (Å²) in [5.74, 6) is -1.19. The Morgan fingerprint density at radius 2 is 1.80 bits per heavy atom. The summed E-state index contributed by atoms with van der Waals surface area (Å²) in [4.78, 5) is 25.0. The average Bonchev–Trinajstić information content (AvgIpc) is 2.92. The van der Waals surface area contributed by atoms with Crippen LogP contribution in [0.25, 0.3) is 0 Å². The van der Waals surface area contributed by atoms with Crippen LogP contribution in [0, 0.1) is 0 Å². The largest absolute Gasteiger partial charge is 0.508 e. The summed E-state index contributed by atoms with van der Waals surface area (Å²) in [6.07, 6.45) is 1.88. The number of nitrogens with zero attached hydrogens (tertiary/aromatic N) is 1. The van der Waals surface area contributed by atoms with E-state index in [1.54, 1.807) is 12.1 Å². The van der Waals surface area contributed by atoms with Gasteiger partial charge in [0.05, 0.1) is 6.42 Å². The van der Waals surface area contributed by atoms with E-state index in [1.807, 2.05) is 4.90 Å². The van der Waals surface area contributed by atoms with Crippen LogP contribution in [-0.4, -0.2) is 46.1 Å². The van der Waals surface area contributed by atoms with Crippen LogP contribution >= 0.6 is 0 Å². The molecule has 1 fully saturated rings. The third-order valence-corrected chi connectivity index (χ3v) is 3.40. The predicted molar refractivity (Wildman–Crippen MR) is 73.6 cm³/mol. The SMILES string of the molecule is O=C(C[C@@H](C(=O)O)N1CCCC1)Nc1ccc(O)cc1. The Morgan fingerprint density at radius 1 is 1.20 bits per heavy atom. The van der Waals surface area contributed by atoms with Crippen molar-refractivity contribution in [2.75, 3.05) is 18.4 Å². The first-order valence-corrected chi connectivity index (χ1v) is 6.62. The van der Waals surface area contributed by atoms with E-state index in [0.717, 1.165) is 25.9 Å². The number of nitrogens with one attached hydrogen (secondary N) is 1. The molecule has 20 heavy (non-hydrogen) atoms. The molecule has 1 aromatic rings. The highest BCUT2D eigenvalue weighted by atomic mass is 16.4. The lowest BCUT2D eigenvalue weighted by Crippen LogP contribution is -2.41. The van der Waals surface area contributed by atoms with Crippen molar-refractivity contribution in [3.05, 3.63) is 24.3 Å². The van der Waals surface area contributed by atoms with E-state index in [9.17, 15) is 14.7 Å². The molecule has 1 saturated heterocycles. The number of rotatable bonds is 5. The van der Waals surface area contributed by atoms with Crippen LogP contribution in [0.5, 0.6) is 5.75 Å². The van der Waals surface area contributed by atoms with Crippen LogP contribution in [0.3, 0.4) is 0 Å². The number of phenols is 1. The second kappa shape index (κ2) is 6.38. The maximum absolute atomic E-state index is 11.9. The normalized spacial score (nSPS) is 16.8. The molecule has 1 amide bonds. The highest BCUT2D eigenvalue weighted by molar-refractivity contribution is 5.94. The second-order valence-electron chi connectivity index (χ2n) is 4.90. The van der Waals surface area contributed by atoms with Crippen molar-refractivity contribution >= 4 is 17.6 Å². The van der Waals surface area contributed by atoms with Gasteiger partial charge < -0.3 is 15.5 Å². The van der Waals surface area contributed by atoms with E-state index in [-0.39, 0.29) is 18.1 Å². The topological polar surface area (TPSA) is 89.9 Å². The van der Waals surface area contributed by atoms with Gasteiger partial charge in [0.15, 0.2) is 0 Å². The fourth-order valence-corrected chi connectivity index (χ4v) is 2.36. The van der Waals surface area contributed by atoms with Gasteiger partial charge in [-0.2, -0.15) is 0 Å². The molecule has 0 aromatic heterocycles. The quantitative estimate of drug-likeness (QED) is 0.706. The molecule has 1 heterocycles. The smallest absolute Gasteiger partial charge is 0.321 e. The highest BCUT2D eigenvalue weighted by Gasteiger charge is 2.29. The fraction of sp³-hybridized carbons (Fsp3) is 0.429. The number of phenolic OH excluding ortho intramolecular Hbond substituents is 1. The highest BCUT2D eigenvalue weighted by Crippen LogP contribution is 2.17. The number of likely N-dealkylation sites (tertiary alicyclic amines) is 1. The summed E-state index contributed by atoms with van der Waals surface area (Å²) < 4.78 is 0. The van der Waals surface area contributed by atoms with Gasteiger partial charge in [0, 0.05) is 5.69 Å². The van der Waals surface area contributed by atoms with Crippen LogP contribution in [-0.2, 0) is 9.59 Å². The molecule has 6 nitrogen and oxygen atoms in total. The van der Waals surface area contributed by atoms with E-state index in [1.165, 1.54) is 12.1 Å². The lowest BCUT2D eigenvalue weighted by molar-refractivity contribution is -0.144. The van der Waals surface area contributed by atoms with Gasteiger partial charge in [0.1, 0.15) is 11.8 Å².